The van der Waals surface area contributed by atoms with Crippen molar-refractivity contribution >= 4 is 5.78 Å². The molecule has 2 spiro atoms. The van der Waals surface area contributed by atoms with Gasteiger partial charge in [0.15, 0.2) is 5.78 Å². The summed E-state index contributed by atoms with van der Waals surface area (Å²) >= 11 is 0. The number of Topliss-reactive ketones (excluding diaryl/α,β-unsaturated/α-hetero) is 1. The molecular weight excluding hydrogens is 359 g/mol. The fourth-order valence-electron chi connectivity index (χ4n) is 7.86. The Morgan fingerprint density at radius 2 is 1.34 bits per heavy atom. The van der Waals surface area contributed by atoms with E-state index >= 15 is 4.39 Å². The van der Waals surface area contributed by atoms with Crippen LogP contribution in [0.25, 0.3) is 0 Å². The lowest BCUT2D eigenvalue weighted by molar-refractivity contribution is -0.194. The van der Waals surface area contributed by atoms with Crippen molar-refractivity contribution < 1.29 is 9.18 Å². The molecule has 0 unspecified atom stereocenters. The molecule has 0 heterocycles. The largest absolute Gasteiger partial charge is 0.298 e. The first-order valence-electron chi connectivity index (χ1n) is 13.2. The molecule has 4 saturated carbocycles. The molecule has 0 aromatic rings. The zero-order valence-corrected chi connectivity index (χ0v) is 19.2. The fraction of sp³-hybridized carbons (Fsp3) is 0.963. The van der Waals surface area contributed by atoms with Gasteiger partial charge in [-0.3, -0.25) is 4.79 Å². The van der Waals surface area contributed by atoms with Crippen molar-refractivity contribution in [2.75, 3.05) is 0 Å². The molecular formula is C27H45FO. The highest BCUT2D eigenvalue weighted by atomic mass is 19.1. The predicted molar refractivity (Wildman–Crippen MR) is 119 cm³/mol. The molecule has 4 aliphatic rings. The summed E-state index contributed by atoms with van der Waals surface area (Å²) in [5.41, 5.74) is -1.13. The van der Waals surface area contributed by atoms with Crippen LogP contribution in [0.3, 0.4) is 0 Å². The summed E-state index contributed by atoms with van der Waals surface area (Å²) in [6, 6.07) is 0. The SMILES string of the molecule is CCCCCCC1CC[C@]2(CC1)C(=O)[C@@]1(CCC(C3CCC(C)CC3)CC1)[C@@H]2F. The second-order valence-corrected chi connectivity index (χ2v) is 11.7. The van der Waals surface area contributed by atoms with E-state index in [0.717, 1.165) is 75.0 Å². The Hall–Kier alpha value is -0.400. The molecule has 4 rings (SSSR count). The van der Waals surface area contributed by atoms with Crippen LogP contribution in [0.2, 0.25) is 0 Å². The summed E-state index contributed by atoms with van der Waals surface area (Å²) in [7, 11) is 0. The number of unbranched alkanes of at least 4 members (excludes halogenated alkanes) is 3. The number of rotatable bonds is 6. The van der Waals surface area contributed by atoms with Gasteiger partial charge < -0.3 is 0 Å². The molecule has 0 saturated heterocycles. The molecule has 29 heavy (non-hydrogen) atoms. The lowest BCUT2D eigenvalue weighted by Crippen LogP contribution is -2.69. The summed E-state index contributed by atoms with van der Waals surface area (Å²) in [4.78, 5) is 13.4. The van der Waals surface area contributed by atoms with E-state index in [0.29, 0.717) is 5.78 Å². The number of carbonyl (C=O) groups excluding carboxylic acids is 1. The summed E-state index contributed by atoms with van der Waals surface area (Å²) in [6.45, 7) is 4.64. The number of ketones is 1. The monoisotopic (exact) mass is 404 g/mol. The molecule has 1 nitrogen and oxygen atoms in total. The van der Waals surface area contributed by atoms with Gasteiger partial charge in [0, 0.05) is 0 Å². The van der Waals surface area contributed by atoms with Gasteiger partial charge >= 0.3 is 0 Å². The van der Waals surface area contributed by atoms with Crippen molar-refractivity contribution in [3.63, 3.8) is 0 Å². The van der Waals surface area contributed by atoms with E-state index in [1.807, 2.05) is 0 Å². The van der Waals surface area contributed by atoms with E-state index < -0.39 is 17.0 Å². The van der Waals surface area contributed by atoms with E-state index in [4.69, 9.17) is 0 Å². The Bertz CT molecular complexity index is 545. The van der Waals surface area contributed by atoms with Gasteiger partial charge in [-0.15, -0.1) is 0 Å². The first kappa shape index (κ1) is 21.8. The van der Waals surface area contributed by atoms with E-state index in [1.165, 1.54) is 57.8 Å². The molecule has 0 aromatic heterocycles. The van der Waals surface area contributed by atoms with Crippen LogP contribution < -0.4 is 0 Å². The first-order chi connectivity index (χ1) is 14.0. The van der Waals surface area contributed by atoms with Gasteiger partial charge in [0.25, 0.3) is 0 Å². The summed E-state index contributed by atoms with van der Waals surface area (Å²) in [6.07, 6.45) is 19.0. The molecule has 0 aliphatic heterocycles. The fourth-order valence-corrected chi connectivity index (χ4v) is 7.86. The van der Waals surface area contributed by atoms with Gasteiger partial charge in [-0.05, 0) is 87.9 Å². The van der Waals surface area contributed by atoms with Crippen molar-refractivity contribution in [3.8, 4) is 0 Å². The van der Waals surface area contributed by atoms with Crippen LogP contribution in [-0.4, -0.2) is 12.0 Å². The topological polar surface area (TPSA) is 17.1 Å². The molecule has 0 aromatic carbocycles. The molecule has 4 aliphatic carbocycles. The highest BCUT2D eigenvalue weighted by molar-refractivity contribution is 5.98. The van der Waals surface area contributed by atoms with Gasteiger partial charge in [0.1, 0.15) is 6.17 Å². The van der Waals surface area contributed by atoms with Crippen molar-refractivity contribution in [3.05, 3.63) is 0 Å². The van der Waals surface area contributed by atoms with Crippen LogP contribution in [-0.2, 0) is 4.79 Å². The Morgan fingerprint density at radius 3 is 1.90 bits per heavy atom. The van der Waals surface area contributed by atoms with Crippen LogP contribution in [0.4, 0.5) is 4.39 Å². The normalized spacial score (nSPS) is 45.5. The lowest BCUT2D eigenvalue weighted by atomic mass is 9.41. The summed E-state index contributed by atoms with van der Waals surface area (Å²) in [5, 5.41) is 0. The average Bonchev–Trinajstić information content (AvgIpc) is 2.77. The first-order valence-corrected chi connectivity index (χ1v) is 13.2. The summed E-state index contributed by atoms with van der Waals surface area (Å²) < 4.78 is 15.7. The zero-order valence-electron chi connectivity index (χ0n) is 19.2. The zero-order chi connectivity index (χ0) is 20.5. The highest BCUT2D eigenvalue weighted by Crippen LogP contribution is 2.66. The maximum Gasteiger partial charge on any atom is 0.151 e. The van der Waals surface area contributed by atoms with E-state index in [1.54, 1.807) is 0 Å². The van der Waals surface area contributed by atoms with Crippen molar-refractivity contribution in [1.29, 1.82) is 0 Å². The maximum absolute atomic E-state index is 15.7. The Kier molecular flexibility index (Phi) is 6.77. The van der Waals surface area contributed by atoms with Crippen LogP contribution in [0.1, 0.15) is 123 Å². The number of halogens is 1. The standard InChI is InChI=1S/C27H45FO/c1-3-4-5-6-7-21-12-16-26(17-13-21)24(28)27(25(26)29)18-14-23(15-19-27)22-10-8-20(2)9-11-22/h20-24H,3-19H2,1-2H3/t20?,21?,22?,23?,24-,26-,27-/m1/s1. The van der Waals surface area contributed by atoms with Crippen LogP contribution in [0, 0.1) is 34.5 Å². The molecule has 0 radical (unpaired) electrons. The van der Waals surface area contributed by atoms with Gasteiger partial charge in [0.05, 0.1) is 10.8 Å². The Morgan fingerprint density at radius 1 is 0.793 bits per heavy atom. The third-order valence-electron chi connectivity index (χ3n) is 9.99. The van der Waals surface area contributed by atoms with Crippen LogP contribution >= 0.6 is 0 Å². The van der Waals surface area contributed by atoms with Crippen molar-refractivity contribution in [1.82, 2.24) is 0 Å². The van der Waals surface area contributed by atoms with E-state index in [2.05, 4.69) is 13.8 Å². The number of carbonyl (C=O) groups is 1. The number of hydrogen-bond acceptors (Lipinski definition) is 1. The highest BCUT2D eigenvalue weighted by Gasteiger charge is 2.71. The molecule has 2 heteroatoms. The molecule has 4 fully saturated rings. The second-order valence-electron chi connectivity index (χ2n) is 11.7. The Labute approximate surface area is 179 Å². The third kappa shape index (κ3) is 3.96. The van der Waals surface area contributed by atoms with Crippen molar-refractivity contribution in [2.24, 2.45) is 34.5 Å². The van der Waals surface area contributed by atoms with Crippen molar-refractivity contribution in [2.45, 2.75) is 129 Å². The van der Waals surface area contributed by atoms with Crippen LogP contribution in [0.5, 0.6) is 0 Å². The third-order valence-corrected chi connectivity index (χ3v) is 9.99. The van der Waals surface area contributed by atoms with Gasteiger partial charge in [0.2, 0.25) is 0 Å². The van der Waals surface area contributed by atoms with Crippen LogP contribution in [0.15, 0.2) is 0 Å². The predicted octanol–water partition coefficient (Wildman–Crippen LogP) is 8.06. The smallest absolute Gasteiger partial charge is 0.151 e. The van der Waals surface area contributed by atoms with E-state index in [9.17, 15) is 4.79 Å². The summed E-state index contributed by atoms with van der Waals surface area (Å²) in [5.74, 6) is 3.62. The van der Waals surface area contributed by atoms with Gasteiger partial charge in [-0.2, -0.15) is 0 Å². The minimum absolute atomic E-state index is 0.359. The average molecular weight is 405 g/mol. The molecule has 166 valence electrons. The number of hydrogen-bond donors (Lipinski definition) is 0. The number of alkyl halides is 1. The molecule has 0 amide bonds. The van der Waals surface area contributed by atoms with E-state index in [-0.39, 0.29) is 0 Å². The molecule has 0 N–H and O–H groups in total. The quantitative estimate of drug-likeness (QED) is 0.409. The second kappa shape index (κ2) is 8.99. The lowest BCUT2D eigenvalue weighted by Gasteiger charge is -2.61. The van der Waals surface area contributed by atoms with Gasteiger partial charge in [-0.1, -0.05) is 58.8 Å². The minimum Gasteiger partial charge on any atom is -0.298 e. The Balaban J connectivity index is 1.27. The molecule has 0 bridgehead atoms. The maximum atomic E-state index is 15.7. The molecule has 1 atom stereocenters. The minimum atomic E-state index is -0.837. The van der Waals surface area contributed by atoms with Gasteiger partial charge in [-0.25, -0.2) is 4.39 Å².